The molecule has 1 heterocycles. The standard InChI is InChI=1S/C19H12Br4O5S/c20-12-5-9(6-13(21)17(12)24)19(10-7-14(22)18(25)15(23)8-10)11-3-1-2-4-16(11)29(26,27)28-19/h1-8,24-27H. The van der Waals surface area contributed by atoms with Gasteiger partial charge in [-0.2, -0.15) is 0 Å². The summed E-state index contributed by atoms with van der Waals surface area (Å²) in [7, 11) is -3.57. The van der Waals surface area contributed by atoms with E-state index in [1.807, 2.05) is 0 Å². The molecular weight excluding hydrogens is 660 g/mol. The highest BCUT2D eigenvalue weighted by atomic mass is 79.9. The van der Waals surface area contributed by atoms with Crippen LogP contribution in [0, 0.1) is 0 Å². The van der Waals surface area contributed by atoms with Gasteiger partial charge < -0.3 is 19.3 Å². The number of rotatable bonds is 2. The highest BCUT2D eigenvalue weighted by Crippen LogP contribution is 2.67. The molecule has 1 aliphatic rings. The molecule has 0 unspecified atom stereocenters. The molecule has 0 atom stereocenters. The Morgan fingerprint density at radius 2 is 1.14 bits per heavy atom. The molecular formula is C19H12Br4O5S. The lowest BCUT2D eigenvalue weighted by atomic mass is 9.80. The molecule has 1 aliphatic heterocycles. The van der Waals surface area contributed by atoms with Gasteiger partial charge in [-0.15, -0.1) is 0 Å². The van der Waals surface area contributed by atoms with Gasteiger partial charge in [-0.3, -0.25) is 4.18 Å². The van der Waals surface area contributed by atoms with E-state index in [1.165, 1.54) is 0 Å². The molecule has 3 aromatic rings. The van der Waals surface area contributed by atoms with Gasteiger partial charge in [0.15, 0.2) is 5.60 Å². The lowest BCUT2D eigenvalue weighted by molar-refractivity contribution is 0.154. The van der Waals surface area contributed by atoms with Gasteiger partial charge in [0, 0.05) is 5.56 Å². The van der Waals surface area contributed by atoms with Gasteiger partial charge in [-0.05, 0) is 105 Å². The maximum Gasteiger partial charge on any atom is 0.162 e. The smallest absolute Gasteiger partial charge is 0.162 e. The minimum atomic E-state index is -3.57. The van der Waals surface area contributed by atoms with Gasteiger partial charge in [0.2, 0.25) is 0 Å². The Hall–Kier alpha value is -0.590. The number of benzene rings is 3. The first-order valence-corrected chi connectivity index (χ1v) is 12.7. The maximum atomic E-state index is 10.8. The van der Waals surface area contributed by atoms with Gasteiger partial charge in [-0.25, -0.2) is 0 Å². The van der Waals surface area contributed by atoms with Crippen LogP contribution in [0.25, 0.3) is 0 Å². The van der Waals surface area contributed by atoms with E-state index in [0.29, 0.717) is 34.6 Å². The lowest BCUT2D eigenvalue weighted by Gasteiger charge is -2.33. The summed E-state index contributed by atoms with van der Waals surface area (Å²) < 4.78 is 29.2. The Bertz CT molecular complexity index is 1050. The highest BCUT2D eigenvalue weighted by molar-refractivity contribution is 9.11. The minimum absolute atomic E-state index is 0.00913. The van der Waals surface area contributed by atoms with Crippen molar-refractivity contribution in [3.8, 4) is 11.5 Å². The molecule has 152 valence electrons. The number of phenols is 2. The summed E-state index contributed by atoms with van der Waals surface area (Å²) in [5, 5.41) is 20.3. The van der Waals surface area contributed by atoms with Crippen molar-refractivity contribution < 1.29 is 23.5 Å². The van der Waals surface area contributed by atoms with Crippen LogP contribution >= 0.6 is 74.6 Å². The van der Waals surface area contributed by atoms with Crippen molar-refractivity contribution in [1.82, 2.24) is 0 Å². The summed E-state index contributed by atoms with van der Waals surface area (Å²) >= 11 is 13.3. The van der Waals surface area contributed by atoms with E-state index in [1.54, 1.807) is 48.5 Å². The second-order valence-electron chi connectivity index (χ2n) is 6.33. The van der Waals surface area contributed by atoms with Crippen molar-refractivity contribution in [2.45, 2.75) is 10.5 Å². The number of halogens is 4. The molecule has 4 N–H and O–H groups in total. The SMILES string of the molecule is Oc1c(Br)cc(C2(c3cc(Br)c(O)c(Br)c3)OS(O)(O)c3ccccc32)cc1Br. The molecule has 0 fully saturated rings. The number of phenolic OH excluding ortho intramolecular Hbond substituents is 2. The predicted octanol–water partition coefficient (Wildman–Crippen LogP) is 7.49. The normalized spacial score (nSPS) is 17.7. The van der Waals surface area contributed by atoms with E-state index in [9.17, 15) is 19.3 Å². The van der Waals surface area contributed by atoms with Gasteiger partial charge in [0.25, 0.3) is 0 Å². The molecule has 0 radical (unpaired) electrons. The van der Waals surface area contributed by atoms with Crippen molar-refractivity contribution >= 4 is 74.6 Å². The van der Waals surface area contributed by atoms with E-state index in [2.05, 4.69) is 63.7 Å². The third kappa shape index (κ3) is 3.38. The Morgan fingerprint density at radius 3 is 1.59 bits per heavy atom. The third-order valence-electron chi connectivity index (χ3n) is 4.64. The summed E-state index contributed by atoms with van der Waals surface area (Å²) in [6.45, 7) is 0. The van der Waals surface area contributed by atoms with E-state index < -0.39 is 16.5 Å². The monoisotopic (exact) mass is 668 g/mol. The number of fused-ring (bicyclic) bond motifs is 1. The van der Waals surface area contributed by atoms with E-state index in [-0.39, 0.29) is 16.4 Å². The number of aromatic hydroxyl groups is 2. The Balaban J connectivity index is 2.13. The number of hydrogen-bond donors (Lipinski definition) is 4. The first-order valence-electron chi connectivity index (χ1n) is 8.03. The second kappa shape index (κ2) is 7.52. The predicted molar refractivity (Wildman–Crippen MR) is 126 cm³/mol. The van der Waals surface area contributed by atoms with Crippen LogP contribution in [-0.4, -0.2) is 19.3 Å². The number of hydrogen-bond acceptors (Lipinski definition) is 5. The third-order valence-corrected chi connectivity index (χ3v) is 8.47. The van der Waals surface area contributed by atoms with Gasteiger partial charge >= 0.3 is 0 Å². The first kappa shape index (κ1) is 21.6. The summed E-state index contributed by atoms with van der Waals surface area (Å²) in [4.78, 5) is 0.278. The average Bonchev–Trinajstić information content (AvgIpc) is 2.92. The molecule has 3 aromatic carbocycles. The lowest BCUT2D eigenvalue weighted by Crippen LogP contribution is -2.29. The fraction of sp³-hybridized carbons (Fsp3) is 0.0526. The highest BCUT2D eigenvalue weighted by Gasteiger charge is 2.53. The molecule has 0 aliphatic carbocycles. The van der Waals surface area contributed by atoms with Crippen molar-refractivity contribution in [3.05, 3.63) is 83.1 Å². The van der Waals surface area contributed by atoms with Crippen LogP contribution in [0.1, 0.15) is 16.7 Å². The van der Waals surface area contributed by atoms with Crippen LogP contribution in [0.4, 0.5) is 0 Å². The minimum Gasteiger partial charge on any atom is -0.506 e. The van der Waals surface area contributed by atoms with Gasteiger partial charge in [0.1, 0.15) is 22.4 Å². The van der Waals surface area contributed by atoms with Crippen LogP contribution in [0.15, 0.2) is 71.3 Å². The molecule has 0 saturated heterocycles. The molecule has 0 saturated carbocycles. The Morgan fingerprint density at radius 1 is 0.724 bits per heavy atom. The fourth-order valence-electron chi connectivity index (χ4n) is 3.36. The fourth-order valence-corrected chi connectivity index (χ4v) is 7.21. The van der Waals surface area contributed by atoms with Crippen molar-refractivity contribution in [1.29, 1.82) is 0 Å². The zero-order chi connectivity index (χ0) is 21.1. The summed E-state index contributed by atoms with van der Waals surface area (Å²) in [5.74, 6) is 0.0183. The molecule has 0 amide bonds. The van der Waals surface area contributed by atoms with E-state index in [0.717, 1.165) is 0 Å². The molecule has 5 nitrogen and oxygen atoms in total. The van der Waals surface area contributed by atoms with Crippen LogP contribution in [-0.2, 0) is 9.78 Å². The quantitative estimate of drug-likeness (QED) is 0.227. The second-order valence-corrected chi connectivity index (χ2v) is 11.4. The van der Waals surface area contributed by atoms with E-state index in [4.69, 9.17) is 4.18 Å². The maximum absolute atomic E-state index is 10.8. The van der Waals surface area contributed by atoms with Crippen LogP contribution in [0.2, 0.25) is 0 Å². The zero-order valence-electron chi connectivity index (χ0n) is 14.2. The first-order chi connectivity index (χ1) is 13.6. The topological polar surface area (TPSA) is 90.2 Å². The van der Waals surface area contributed by atoms with Crippen LogP contribution < -0.4 is 0 Å². The van der Waals surface area contributed by atoms with Crippen LogP contribution in [0.3, 0.4) is 0 Å². The summed E-state index contributed by atoms with van der Waals surface area (Å²) in [6.07, 6.45) is 0. The molecule has 0 bridgehead atoms. The zero-order valence-corrected chi connectivity index (χ0v) is 21.4. The van der Waals surface area contributed by atoms with Crippen molar-refractivity contribution in [2.24, 2.45) is 0 Å². The van der Waals surface area contributed by atoms with E-state index >= 15 is 0 Å². The average molecular weight is 672 g/mol. The van der Waals surface area contributed by atoms with Gasteiger partial charge in [0.05, 0.1) is 22.8 Å². The molecule has 4 rings (SSSR count). The Labute approximate surface area is 201 Å². The Kier molecular flexibility index (Phi) is 5.61. The molecule has 0 spiro atoms. The molecule has 0 aromatic heterocycles. The molecule has 10 heteroatoms. The summed E-state index contributed by atoms with van der Waals surface area (Å²) in [6, 6.07) is 13.5. The van der Waals surface area contributed by atoms with Crippen molar-refractivity contribution in [2.75, 3.05) is 0 Å². The summed E-state index contributed by atoms with van der Waals surface area (Å²) in [5.41, 5.74) is 0.230. The molecule has 29 heavy (non-hydrogen) atoms. The van der Waals surface area contributed by atoms with Gasteiger partial charge in [-0.1, -0.05) is 18.2 Å². The largest absolute Gasteiger partial charge is 0.506 e. The van der Waals surface area contributed by atoms with Crippen molar-refractivity contribution in [3.63, 3.8) is 0 Å². The van der Waals surface area contributed by atoms with Crippen LogP contribution in [0.5, 0.6) is 11.5 Å².